The molecule has 1 saturated carbocycles. The summed E-state index contributed by atoms with van der Waals surface area (Å²) in [5.74, 6) is 0.829. The predicted molar refractivity (Wildman–Crippen MR) is 82.7 cm³/mol. The van der Waals surface area contributed by atoms with Crippen LogP contribution < -0.4 is 5.32 Å². The molecular weight excluding hydrogens is 295 g/mol. The van der Waals surface area contributed by atoms with Gasteiger partial charge in [0.1, 0.15) is 5.75 Å². The fourth-order valence-electron chi connectivity index (χ4n) is 3.30. The van der Waals surface area contributed by atoms with Crippen molar-refractivity contribution in [3.05, 3.63) is 27.7 Å². The smallest absolute Gasteiger partial charge is 0.123 e. The summed E-state index contributed by atoms with van der Waals surface area (Å²) in [6.45, 7) is 3.99. The van der Waals surface area contributed by atoms with Crippen LogP contribution in [0.15, 0.2) is 12.1 Å². The van der Waals surface area contributed by atoms with Gasteiger partial charge in [0, 0.05) is 42.8 Å². The quantitative estimate of drug-likeness (QED) is 0.897. The summed E-state index contributed by atoms with van der Waals surface area (Å²) in [6, 6.07) is 3.57. The van der Waals surface area contributed by atoms with Gasteiger partial charge in [-0.3, -0.25) is 4.90 Å². The number of halogens is 2. The minimum Gasteiger partial charge on any atom is -0.508 e. The minimum absolute atomic E-state index is 0.218. The van der Waals surface area contributed by atoms with Crippen molar-refractivity contribution in [2.45, 2.75) is 25.3 Å². The number of aromatic hydroxyl groups is 1. The second kappa shape index (κ2) is 6.10. The van der Waals surface area contributed by atoms with Crippen LogP contribution in [0.25, 0.3) is 0 Å². The van der Waals surface area contributed by atoms with Crippen molar-refractivity contribution >= 4 is 23.2 Å². The third-order valence-electron chi connectivity index (χ3n) is 4.51. The largest absolute Gasteiger partial charge is 0.508 e. The van der Waals surface area contributed by atoms with E-state index in [1.165, 1.54) is 19.3 Å². The van der Waals surface area contributed by atoms with Crippen molar-refractivity contribution in [2.24, 2.45) is 5.92 Å². The summed E-state index contributed by atoms with van der Waals surface area (Å²) < 4.78 is 0. The number of nitrogens with one attached hydrogen (secondary N) is 1. The molecule has 1 aromatic rings. The van der Waals surface area contributed by atoms with Crippen LogP contribution in [0.1, 0.15) is 30.9 Å². The molecule has 5 heteroatoms. The number of phenols is 1. The van der Waals surface area contributed by atoms with E-state index in [-0.39, 0.29) is 11.8 Å². The number of nitrogens with zero attached hydrogens (tertiary/aromatic N) is 1. The van der Waals surface area contributed by atoms with Crippen LogP contribution in [-0.4, -0.2) is 36.2 Å². The Morgan fingerprint density at radius 2 is 1.90 bits per heavy atom. The molecule has 0 aromatic heterocycles. The van der Waals surface area contributed by atoms with Crippen LogP contribution in [-0.2, 0) is 0 Å². The van der Waals surface area contributed by atoms with Crippen LogP contribution >= 0.6 is 23.2 Å². The van der Waals surface area contributed by atoms with E-state index in [1.54, 1.807) is 12.1 Å². The van der Waals surface area contributed by atoms with Crippen molar-refractivity contribution < 1.29 is 5.11 Å². The molecule has 0 amide bonds. The second-order valence-corrected chi connectivity index (χ2v) is 6.59. The fraction of sp³-hybridized carbons (Fsp3) is 0.600. The normalized spacial score (nSPS) is 22.5. The lowest BCUT2D eigenvalue weighted by atomic mass is 9.76. The monoisotopic (exact) mass is 314 g/mol. The average molecular weight is 315 g/mol. The first-order valence-electron chi connectivity index (χ1n) is 7.29. The van der Waals surface area contributed by atoms with Crippen LogP contribution in [0.5, 0.6) is 5.75 Å². The van der Waals surface area contributed by atoms with E-state index < -0.39 is 0 Å². The Kier molecular flexibility index (Phi) is 4.41. The summed E-state index contributed by atoms with van der Waals surface area (Å²) >= 11 is 12.4. The van der Waals surface area contributed by atoms with Gasteiger partial charge in [0.2, 0.25) is 0 Å². The first kappa shape index (κ1) is 14.5. The van der Waals surface area contributed by atoms with Gasteiger partial charge in [-0.15, -0.1) is 0 Å². The molecule has 0 radical (unpaired) electrons. The molecule has 0 bridgehead atoms. The third kappa shape index (κ3) is 2.77. The van der Waals surface area contributed by atoms with E-state index in [0.29, 0.717) is 16.0 Å². The van der Waals surface area contributed by atoms with Gasteiger partial charge in [-0.05, 0) is 30.9 Å². The maximum Gasteiger partial charge on any atom is 0.123 e. The highest BCUT2D eigenvalue weighted by Gasteiger charge is 2.36. The highest BCUT2D eigenvalue weighted by molar-refractivity contribution is 6.35. The molecule has 1 aromatic carbocycles. The van der Waals surface area contributed by atoms with Gasteiger partial charge in [-0.1, -0.05) is 29.6 Å². The number of phenolic OH excluding ortho intramolecular Hbond substituents is 1. The second-order valence-electron chi connectivity index (χ2n) is 5.74. The van der Waals surface area contributed by atoms with E-state index in [2.05, 4.69) is 10.2 Å². The first-order valence-corrected chi connectivity index (χ1v) is 8.05. The zero-order chi connectivity index (χ0) is 14.1. The summed E-state index contributed by atoms with van der Waals surface area (Å²) in [4.78, 5) is 2.45. The third-order valence-corrected chi connectivity index (χ3v) is 5.04. The van der Waals surface area contributed by atoms with Gasteiger partial charge < -0.3 is 10.4 Å². The van der Waals surface area contributed by atoms with Crippen molar-refractivity contribution in [3.8, 4) is 5.75 Å². The topological polar surface area (TPSA) is 35.5 Å². The highest BCUT2D eigenvalue weighted by atomic mass is 35.5. The Balaban J connectivity index is 1.96. The zero-order valence-electron chi connectivity index (χ0n) is 11.4. The lowest BCUT2D eigenvalue weighted by Gasteiger charge is -2.43. The number of rotatable bonds is 3. The maximum atomic E-state index is 10.3. The molecule has 0 spiro atoms. The van der Waals surface area contributed by atoms with E-state index in [0.717, 1.165) is 31.7 Å². The SMILES string of the molecule is Oc1cc(Cl)cc(Cl)c1[C@@H](C1CCC1)N1CCNCC1. The van der Waals surface area contributed by atoms with Gasteiger partial charge in [0.15, 0.2) is 0 Å². The molecule has 2 fully saturated rings. The molecular formula is C15H20Cl2N2O. The summed E-state index contributed by atoms with van der Waals surface area (Å²) in [5, 5.41) is 14.8. The molecule has 3 nitrogen and oxygen atoms in total. The van der Waals surface area contributed by atoms with Crippen LogP contribution in [0.4, 0.5) is 0 Å². The van der Waals surface area contributed by atoms with Gasteiger partial charge in [0.05, 0.1) is 5.02 Å². The Bertz CT molecular complexity index is 462. The molecule has 3 rings (SSSR count). The molecule has 2 N–H and O–H groups in total. The number of hydrogen-bond acceptors (Lipinski definition) is 3. The highest BCUT2D eigenvalue weighted by Crippen LogP contribution is 2.47. The predicted octanol–water partition coefficient (Wildman–Crippen LogP) is 3.45. The average Bonchev–Trinajstić information content (AvgIpc) is 2.35. The first-order chi connectivity index (χ1) is 9.66. The van der Waals surface area contributed by atoms with Crippen LogP contribution in [0.3, 0.4) is 0 Å². The van der Waals surface area contributed by atoms with Gasteiger partial charge in [0.25, 0.3) is 0 Å². The van der Waals surface area contributed by atoms with E-state index in [1.807, 2.05) is 0 Å². The Labute approximate surface area is 129 Å². The number of hydrogen-bond donors (Lipinski definition) is 2. The van der Waals surface area contributed by atoms with Gasteiger partial charge >= 0.3 is 0 Å². The summed E-state index contributed by atoms with van der Waals surface area (Å²) in [6.07, 6.45) is 3.71. The lowest BCUT2D eigenvalue weighted by molar-refractivity contribution is 0.0820. The van der Waals surface area contributed by atoms with Crippen molar-refractivity contribution in [1.82, 2.24) is 10.2 Å². The Morgan fingerprint density at radius 1 is 1.20 bits per heavy atom. The summed E-state index contributed by atoms with van der Waals surface area (Å²) in [5.41, 5.74) is 0.864. The van der Waals surface area contributed by atoms with Gasteiger partial charge in [-0.2, -0.15) is 0 Å². The minimum atomic E-state index is 0.218. The zero-order valence-corrected chi connectivity index (χ0v) is 12.9. The molecule has 20 heavy (non-hydrogen) atoms. The van der Waals surface area contributed by atoms with Crippen LogP contribution in [0, 0.1) is 5.92 Å². The van der Waals surface area contributed by atoms with E-state index >= 15 is 0 Å². The lowest BCUT2D eigenvalue weighted by Crippen LogP contribution is -2.47. The molecule has 1 aliphatic heterocycles. The molecule has 1 heterocycles. The van der Waals surface area contributed by atoms with Crippen molar-refractivity contribution in [3.63, 3.8) is 0 Å². The molecule has 0 unspecified atom stereocenters. The van der Waals surface area contributed by atoms with Crippen LogP contribution in [0.2, 0.25) is 10.0 Å². The van der Waals surface area contributed by atoms with Gasteiger partial charge in [-0.25, -0.2) is 0 Å². The standard InChI is InChI=1S/C15H20Cl2N2O/c16-11-8-12(17)14(13(20)9-11)15(10-2-1-3-10)19-6-4-18-5-7-19/h8-10,15,18,20H,1-7H2/t15-/m1/s1. The Hall–Kier alpha value is -0.480. The molecule has 2 aliphatic rings. The van der Waals surface area contributed by atoms with Crippen molar-refractivity contribution in [2.75, 3.05) is 26.2 Å². The van der Waals surface area contributed by atoms with E-state index in [9.17, 15) is 5.11 Å². The number of benzene rings is 1. The fourth-order valence-corrected chi connectivity index (χ4v) is 3.89. The Morgan fingerprint density at radius 3 is 2.45 bits per heavy atom. The molecule has 1 saturated heterocycles. The number of piperazine rings is 1. The molecule has 1 atom stereocenters. The molecule has 1 aliphatic carbocycles. The maximum absolute atomic E-state index is 10.3. The molecule has 110 valence electrons. The van der Waals surface area contributed by atoms with E-state index in [4.69, 9.17) is 23.2 Å². The van der Waals surface area contributed by atoms with Crippen molar-refractivity contribution in [1.29, 1.82) is 0 Å². The summed E-state index contributed by atoms with van der Waals surface area (Å²) in [7, 11) is 0.